The zero-order chi connectivity index (χ0) is 9.68. The number of aliphatic carboxylic acids is 1. The van der Waals surface area contributed by atoms with Crippen LogP contribution >= 0.6 is 0 Å². The Kier molecular flexibility index (Phi) is 3.08. The number of hydrogen-bond acceptors (Lipinski definition) is 3. The first kappa shape index (κ1) is 9.31. The maximum Gasteiger partial charge on any atom is 0.394 e. The van der Waals surface area contributed by atoms with E-state index in [1.807, 2.05) is 0 Å². The lowest BCUT2D eigenvalue weighted by Gasteiger charge is -1.98. The minimum atomic E-state index is -1.47. The van der Waals surface area contributed by atoms with Gasteiger partial charge in [-0.25, -0.2) is 4.79 Å². The summed E-state index contributed by atoms with van der Waals surface area (Å²) in [6.07, 6.45) is 2.01. The SMILES string of the molecule is O=C(O)C(=O)NCCc1ccco1. The number of carboxylic acids is 1. The second-order valence-electron chi connectivity index (χ2n) is 2.39. The van der Waals surface area contributed by atoms with Crippen LogP contribution in [0.4, 0.5) is 0 Å². The van der Waals surface area contributed by atoms with Crippen LogP contribution in [0.15, 0.2) is 22.8 Å². The van der Waals surface area contributed by atoms with Gasteiger partial charge in [-0.2, -0.15) is 0 Å². The van der Waals surface area contributed by atoms with Gasteiger partial charge in [0.2, 0.25) is 0 Å². The van der Waals surface area contributed by atoms with Crippen molar-refractivity contribution in [3.63, 3.8) is 0 Å². The zero-order valence-electron chi connectivity index (χ0n) is 6.82. The molecule has 0 bridgehead atoms. The molecule has 1 heterocycles. The molecule has 13 heavy (non-hydrogen) atoms. The number of carbonyl (C=O) groups excluding carboxylic acids is 1. The number of amides is 1. The highest BCUT2D eigenvalue weighted by atomic mass is 16.4. The normalized spacial score (nSPS) is 9.54. The Hall–Kier alpha value is -1.78. The van der Waals surface area contributed by atoms with Crippen LogP contribution in [0, 0.1) is 0 Å². The quantitative estimate of drug-likeness (QED) is 0.647. The van der Waals surface area contributed by atoms with Crippen molar-refractivity contribution in [2.24, 2.45) is 0 Å². The van der Waals surface area contributed by atoms with Crippen LogP contribution in [0.3, 0.4) is 0 Å². The summed E-state index contributed by atoms with van der Waals surface area (Å²) >= 11 is 0. The molecule has 0 saturated heterocycles. The summed E-state index contributed by atoms with van der Waals surface area (Å²) in [6.45, 7) is 0.263. The molecule has 2 N–H and O–H groups in total. The Bertz CT molecular complexity index is 291. The molecule has 0 spiro atoms. The number of furan rings is 1. The van der Waals surface area contributed by atoms with E-state index in [1.54, 1.807) is 12.1 Å². The van der Waals surface area contributed by atoms with Crippen LogP contribution < -0.4 is 5.32 Å². The van der Waals surface area contributed by atoms with E-state index in [0.29, 0.717) is 12.2 Å². The van der Waals surface area contributed by atoms with Gasteiger partial charge >= 0.3 is 11.9 Å². The lowest BCUT2D eigenvalue weighted by Crippen LogP contribution is -2.32. The molecule has 0 atom stereocenters. The summed E-state index contributed by atoms with van der Waals surface area (Å²) < 4.78 is 4.98. The van der Waals surface area contributed by atoms with Gasteiger partial charge in [0.15, 0.2) is 0 Å². The highest BCUT2D eigenvalue weighted by Crippen LogP contribution is 1.99. The van der Waals surface area contributed by atoms with E-state index in [0.717, 1.165) is 0 Å². The van der Waals surface area contributed by atoms with Gasteiger partial charge in [-0.1, -0.05) is 0 Å². The van der Waals surface area contributed by atoms with E-state index in [9.17, 15) is 9.59 Å². The van der Waals surface area contributed by atoms with E-state index >= 15 is 0 Å². The molecule has 0 unspecified atom stereocenters. The number of carbonyl (C=O) groups is 2. The number of hydrogen-bond donors (Lipinski definition) is 2. The van der Waals surface area contributed by atoms with Crippen molar-refractivity contribution in [1.29, 1.82) is 0 Å². The van der Waals surface area contributed by atoms with Gasteiger partial charge in [-0.05, 0) is 12.1 Å². The van der Waals surface area contributed by atoms with Crippen LogP contribution in [0.1, 0.15) is 5.76 Å². The molecule has 0 aliphatic carbocycles. The largest absolute Gasteiger partial charge is 0.474 e. The highest BCUT2D eigenvalue weighted by Gasteiger charge is 2.09. The molecular weight excluding hydrogens is 174 g/mol. The van der Waals surface area contributed by atoms with E-state index in [1.165, 1.54) is 6.26 Å². The van der Waals surface area contributed by atoms with E-state index < -0.39 is 11.9 Å². The predicted molar refractivity (Wildman–Crippen MR) is 43.1 cm³/mol. The monoisotopic (exact) mass is 183 g/mol. The van der Waals surface area contributed by atoms with Gasteiger partial charge in [-0.15, -0.1) is 0 Å². The first-order valence-electron chi connectivity index (χ1n) is 3.73. The second kappa shape index (κ2) is 4.30. The molecule has 5 nitrogen and oxygen atoms in total. The van der Waals surface area contributed by atoms with Crippen LogP contribution in [-0.2, 0) is 16.0 Å². The second-order valence-corrected chi connectivity index (χ2v) is 2.39. The highest BCUT2D eigenvalue weighted by molar-refractivity contribution is 6.31. The third-order valence-electron chi connectivity index (χ3n) is 1.43. The molecule has 70 valence electrons. The van der Waals surface area contributed by atoms with Crippen molar-refractivity contribution in [2.45, 2.75) is 6.42 Å². The number of rotatable bonds is 3. The average molecular weight is 183 g/mol. The molecule has 0 aliphatic rings. The molecule has 0 saturated carbocycles. The molecule has 1 rings (SSSR count). The lowest BCUT2D eigenvalue weighted by molar-refractivity contribution is -0.150. The minimum Gasteiger partial charge on any atom is -0.474 e. The van der Waals surface area contributed by atoms with Crippen molar-refractivity contribution in [2.75, 3.05) is 6.54 Å². The lowest BCUT2D eigenvalue weighted by atomic mass is 10.3. The molecular formula is C8H9NO4. The van der Waals surface area contributed by atoms with Gasteiger partial charge in [0, 0.05) is 13.0 Å². The fourth-order valence-electron chi connectivity index (χ4n) is 0.830. The average Bonchev–Trinajstić information content (AvgIpc) is 2.56. The maximum absolute atomic E-state index is 10.5. The van der Waals surface area contributed by atoms with Gasteiger partial charge in [-0.3, -0.25) is 4.79 Å². The molecule has 0 aromatic carbocycles. The summed E-state index contributed by atoms with van der Waals surface area (Å²) in [5.74, 6) is -1.75. The Morgan fingerprint density at radius 2 is 2.31 bits per heavy atom. The predicted octanol–water partition coefficient (Wildman–Crippen LogP) is 0.0229. The number of carboxylic acid groups (broad SMARTS) is 1. The minimum absolute atomic E-state index is 0.263. The van der Waals surface area contributed by atoms with Crippen LogP contribution in [0.2, 0.25) is 0 Å². The van der Waals surface area contributed by atoms with Gasteiger partial charge in [0.1, 0.15) is 5.76 Å². The van der Waals surface area contributed by atoms with Crippen LogP contribution in [-0.4, -0.2) is 23.5 Å². The third kappa shape index (κ3) is 2.98. The molecule has 1 aromatic rings. The molecule has 5 heteroatoms. The van der Waals surface area contributed by atoms with Crippen molar-refractivity contribution in [3.05, 3.63) is 24.2 Å². The molecule has 0 fully saturated rings. The molecule has 0 aliphatic heterocycles. The fourth-order valence-corrected chi connectivity index (χ4v) is 0.830. The Balaban J connectivity index is 2.22. The van der Waals surface area contributed by atoms with Gasteiger partial charge in [0.05, 0.1) is 6.26 Å². The number of nitrogens with one attached hydrogen (secondary N) is 1. The van der Waals surface area contributed by atoms with E-state index in [-0.39, 0.29) is 6.54 Å². The Morgan fingerprint density at radius 1 is 1.54 bits per heavy atom. The zero-order valence-corrected chi connectivity index (χ0v) is 6.82. The smallest absolute Gasteiger partial charge is 0.394 e. The van der Waals surface area contributed by atoms with E-state index in [4.69, 9.17) is 9.52 Å². The topological polar surface area (TPSA) is 79.5 Å². The van der Waals surface area contributed by atoms with Crippen molar-refractivity contribution >= 4 is 11.9 Å². The first-order chi connectivity index (χ1) is 6.20. The van der Waals surface area contributed by atoms with Crippen molar-refractivity contribution in [1.82, 2.24) is 5.32 Å². The summed E-state index contributed by atoms with van der Waals surface area (Å²) in [4.78, 5) is 20.6. The van der Waals surface area contributed by atoms with Gasteiger partial charge in [0.25, 0.3) is 0 Å². The molecule has 1 amide bonds. The van der Waals surface area contributed by atoms with Crippen molar-refractivity contribution < 1.29 is 19.1 Å². The van der Waals surface area contributed by atoms with E-state index in [2.05, 4.69) is 5.32 Å². The maximum atomic E-state index is 10.5. The third-order valence-corrected chi connectivity index (χ3v) is 1.43. The van der Waals surface area contributed by atoms with Crippen LogP contribution in [0.5, 0.6) is 0 Å². The summed E-state index contributed by atoms with van der Waals surface area (Å²) in [6, 6.07) is 3.49. The Labute approximate surface area is 74.4 Å². The summed E-state index contributed by atoms with van der Waals surface area (Å²) in [5, 5.41) is 10.4. The van der Waals surface area contributed by atoms with Crippen LogP contribution in [0.25, 0.3) is 0 Å². The first-order valence-corrected chi connectivity index (χ1v) is 3.73. The standard InChI is InChI=1S/C8H9NO4/c10-7(8(11)12)9-4-3-6-2-1-5-13-6/h1-2,5H,3-4H2,(H,9,10)(H,11,12). The summed E-state index contributed by atoms with van der Waals surface area (Å²) in [7, 11) is 0. The summed E-state index contributed by atoms with van der Waals surface area (Å²) in [5.41, 5.74) is 0. The van der Waals surface area contributed by atoms with Crippen molar-refractivity contribution in [3.8, 4) is 0 Å². The molecule has 0 radical (unpaired) electrons. The molecule has 1 aromatic heterocycles. The fraction of sp³-hybridized carbons (Fsp3) is 0.250. The van der Waals surface area contributed by atoms with Gasteiger partial charge < -0.3 is 14.8 Å². The Morgan fingerprint density at radius 3 is 2.85 bits per heavy atom.